The van der Waals surface area contributed by atoms with Crippen molar-refractivity contribution in [3.05, 3.63) is 59.9 Å². The maximum Gasteiger partial charge on any atom is 0.254 e. The molecule has 2 aliphatic rings. The van der Waals surface area contributed by atoms with E-state index in [0.29, 0.717) is 36.8 Å². The summed E-state index contributed by atoms with van der Waals surface area (Å²) in [4.78, 5) is 15.5. The number of para-hydroxylation sites is 1. The van der Waals surface area contributed by atoms with E-state index in [0.717, 1.165) is 42.4 Å². The summed E-state index contributed by atoms with van der Waals surface area (Å²) in [5, 5.41) is 1.07. The molecular formula is C24H25NO4. The van der Waals surface area contributed by atoms with Crippen molar-refractivity contribution in [1.29, 1.82) is 0 Å². The highest BCUT2D eigenvalue weighted by Crippen LogP contribution is 2.33. The van der Waals surface area contributed by atoms with Crippen LogP contribution in [0.2, 0.25) is 0 Å². The summed E-state index contributed by atoms with van der Waals surface area (Å²) >= 11 is 0. The van der Waals surface area contributed by atoms with Crippen LogP contribution in [-0.4, -0.2) is 30.1 Å². The number of hydrogen-bond acceptors (Lipinski definition) is 4. The Bertz CT molecular complexity index is 986. The maximum absolute atomic E-state index is 13.5. The van der Waals surface area contributed by atoms with Crippen LogP contribution in [0.1, 0.15) is 48.2 Å². The molecule has 1 aromatic heterocycles. The molecule has 0 unspecified atom stereocenters. The molecule has 5 nitrogen and oxygen atoms in total. The third-order valence-corrected chi connectivity index (χ3v) is 5.87. The fourth-order valence-corrected chi connectivity index (χ4v) is 4.38. The van der Waals surface area contributed by atoms with Crippen molar-refractivity contribution in [2.75, 3.05) is 13.2 Å². The van der Waals surface area contributed by atoms with Gasteiger partial charge >= 0.3 is 0 Å². The molecule has 0 saturated heterocycles. The predicted molar refractivity (Wildman–Crippen MR) is 110 cm³/mol. The van der Waals surface area contributed by atoms with Gasteiger partial charge in [-0.1, -0.05) is 37.5 Å². The maximum atomic E-state index is 13.5. The van der Waals surface area contributed by atoms with E-state index in [1.165, 1.54) is 6.42 Å². The number of ether oxygens (including phenoxy) is 2. The van der Waals surface area contributed by atoms with Crippen LogP contribution in [0.15, 0.2) is 52.9 Å². The molecule has 1 aliphatic carbocycles. The molecule has 1 fully saturated rings. The minimum Gasteiger partial charge on any atom is -0.486 e. The predicted octanol–water partition coefficient (Wildman–Crippen LogP) is 5.18. The summed E-state index contributed by atoms with van der Waals surface area (Å²) in [5.41, 5.74) is 1.49. The second kappa shape index (κ2) is 7.82. The third kappa shape index (κ3) is 3.69. The summed E-state index contributed by atoms with van der Waals surface area (Å²) in [6, 6.07) is 15.7. The molecule has 1 aliphatic heterocycles. The number of carbonyl (C=O) groups is 1. The highest BCUT2D eigenvalue weighted by atomic mass is 16.6. The Labute approximate surface area is 170 Å². The highest BCUT2D eigenvalue weighted by molar-refractivity contribution is 5.95. The van der Waals surface area contributed by atoms with Gasteiger partial charge in [-0.2, -0.15) is 0 Å². The van der Waals surface area contributed by atoms with Gasteiger partial charge in [-0.3, -0.25) is 4.79 Å². The van der Waals surface area contributed by atoms with Gasteiger partial charge in [0.25, 0.3) is 5.91 Å². The van der Waals surface area contributed by atoms with Crippen LogP contribution >= 0.6 is 0 Å². The lowest BCUT2D eigenvalue weighted by Gasteiger charge is -2.34. The molecule has 0 spiro atoms. The zero-order chi connectivity index (χ0) is 19.6. The van der Waals surface area contributed by atoms with Gasteiger partial charge in [0.05, 0.1) is 6.54 Å². The quantitative estimate of drug-likeness (QED) is 0.615. The third-order valence-electron chi connectivity index (χ3n) is 5.87. The second-order valence-electron chi connectivity index (χ2n) is 7.83. The number of fused-ring (bicyclic) bond motifs is 2. The van der Waals surface area contributed by atoms with Crippen molar-refractivity contribution in [2.24, 2.45) is 0 Å². The van der Waals surface area contributed by atoms with Gasteiger partial charge in [0, 0.05) is 17.0 Å². The highest BCUT2D eigenvalue weighted by Gasteiger charge is 2.28. The summed E-state index contributed by atoms with van der Waals surface area (Å²) in [6.45, 7) is 1.53. The van der Waals surface area contributed by atoms with E-state index in [-0.39, 0.29) is 11.9 Å². The van der Waals surface area contributed by atoms with Crippen LogP contribution < -0.4 is 9.47 Å². The average molecular weight is 391 g/mol. The van der Waals surface area contributed by atoms with E-state index < -0.39 is 0 Å². The normalized spacial score (nSPS) is 16.7. The number of rotatable bonds is 4. The molecule has 5 heteroatoms. The fourth-order valence-electron chi connectivity index (χ4n) is 4.38. The number of benzene rings is 2. The van der Waals surface area contributed by atoms with Crippen LogP contribution in [-0.2, 0) is 6.54 Å². The first-order valence-electron chi connectivity index (χ1n) is 10.5. The number of carbonyl (C=O) groups excluding carboxylic acids is 1. The van der Waals surface area contributed by atoms with E-state index in [9.17, 15) is 4.79 Å². The molecular weight excluding hydrogens is 366 g/mol. The fraction of sp³-hybridized carbons (Fsp3) is 0.375. The Morgan fingerprint density at radius 2 is 1.72 bits per heavy atom. The van der Waals surface area contributed by atoms with Gasteiger partial charge in [0.1, 0.15) is 24.6 Å². The van der Waals surface area contributed by atoms with Crippen LogP contribution in [0, 0.1) is 0 Å². The summed E-state index contributed by atoms with van der Waals surface area (Å²) in [5.74, 6) is 2.20. The second-order valence-corrected chi connectivity index (χ2v) is 7.83. The van der Waals surface area contributed by atoms with Crippen molar-refractivity contribution in [2.45, 2.75) is 44.7 Å². The van der Waals surface area contributed by atoms with E-state index in [4.69, 9.17) is 13.9 Å². The monoisotopic (exact) mass is 391 g/mol. The van der Waals surface area contributed by atoms with Gasteiger partial charge < -0.3 is 18.8 Å². The molecule has 150 valence electrons. The molecule has 0 bridgehead atoms. The molecule has 1 saturated carbocycles. The van der Waals surface area contributed by atoms with Gasteiger partial charge in [-0.05, 0) is 43.2 Å². The Morgan fingerprint density at radius 1 is 0.931 bits per heavy atom. The number of furan rings is 1. The molecule has 5 rings (SSSR count). The first-order valence-corrected chi connectivity index (χ1v) is 10.5. The van der Waals surface area contributed by atoms with E-state index in [1.54, 1.807) is 0 Å². The summed E-state index contributed by atoms with van der Waals surface area (Å²) in [7, 11) is 0. The smallest absolute Gasteiger partial charge is 0.254 e. The van der Waals surface area contributed by atoms with E-state index in [2.05, 4.69) is 0 Å². The molecule has 1 amide bonds. The van der Waals surface area contributed by atoms with Gasteiger partial charge in [-0.15, -0.1) is 0 Å². The lowest BCUT2D eigenvalue weighted by molar-refractivity contribution is 0.0597. The van der Waals surface area contributed by atoms with Crippen LogP contribution in [0.4, 0.5) is 0 Å². The molecule has 2 heterocycles. The minimum absolute atomic E-state index is 0.0225. The molecule has 0 radical (unpaired) electrons. The Hall–Kier alpha value is -2.95. The van der Waals surface area contributed by atoms with Crippen molar-refractivity contribution < 1.29 is 18.7 Å². The summed E-state index contributed by atoms with van der Waals surface area (Å²) < 4.78 is 17.3. The zero-order valence-electron chi connectivity index (χ0n) is 16.4. The Morgan fingerprint density at radius 3 is 2.55 bits per heavy atom. The van der Waals surface area contributed by atoms with Crippen LogP contribution in [0.3, 0.4) is 0 Å². The first kappa shape index (κ1) is 18.1. The Balaban J connectivity index is 1.45. The molecule has 0 atom stereocenters. The van der Waals surface area contributed by atoms with Gasteiger partial charge in [-0.25, -0.2) is 0 Å². The summed E-state index contributed by atoms with van der Waals surface area (Å²) in [6.07, 6.45) is 5.64. The van der Waals surface area contributed by atoms with E-state index in [1.807, 2.05) is 53.4 Å². The van der Waals surface area contributed by atoms with Crippen LogP contribution in [0.25, 0.3) is 11.0 Å². The van der Waals surface area contributed by atoms with Gasteiger partial charge in [0.15, 0.2) is 11.5 Å². The Kier molecular flexibility index (Phi) is 4.88. The van der Waals surface area contributed by atoms with Crippen LogP contribution in [0.5, 0.6) is 11.5 Å². The van der Waals surface area contributed by atoms with Crippen molar-refractivity contribution in [1.82, 2.24) is 4.90 Å². The molecule has 0 N–H and O–H groups in total. The molecule has 2 aromatic carbocycles. The topological polar surface area (TPSA) is 51.9 Å². The van der Waals surface area contributed by atoms with Crippen molar-refractivity contribution in [3.63, 3.8) is 0 Å². The lowest BCUT2D eigenvalue weighted by Crippen LogP contribution is -2.41. The first-order chi connectivity index (χ1) is 14.3. The lowest BCUT2D eigenvalue weighted by atomic mass is 9.93. The zero-order valence-corrected chi connectivity index (χ0v) is 16.4. The molecule has 29 heavy (non-hydrogen) atoms. The SMILES string of the molecule is O=C(c1ccc2c(c1)OCCO2)N(Cc1cc2ccccc2o1)C1CCCCC1. The standard InChI is InChI=1S/C24H25NO4/c26-24(18-10-11-22-23(15-18)28-13-12-27-22)25(19-7-2-1-3-8-19)16-20-14-17-6-4-5-9-21(17)29-20/h4-6,9-11,14-15,19H,1-3,7-8,12-13,16H2. The number of nitrogens with zero attached hydrogens (tertiary/aromatic N) is 1. The molecule has 3 aromatic rings. The average Bonchev–Trinajstić information content (AvgIpc) is 3.20. The van der Waals surface area contributed by atoms with Gasteiger partial charge in [0.2, 0.25) is 0 Å². The number of amides is 1. The van der Waals surface area contributed by atoms with Crippen molar-refractivity contribution in [3.8, 4) is 11.5 Å². The van der Waals surface area contributed by atoms with Crippen molar-refractivity contribution >= 4 is 16.9 Å². The number of hydrogen-bond donors (Lipinski definition) is 0. The largest absolute Gasteiger partial charge is 0.486 e. The van der Waals surface area contributed by atoms with E-state index >= 15 is 0 Å². The minimum atomic E-state index is 0.0225.